The molecule has 0 saturated heterocycles. The van der Waals surface area contributed by atoms with Crippen molar-refractivity contribution in [1.29, 1.82) is 0 Å². The monoisotopic (exact) mass is 424 g/mol. The zero-order valence-corrected chi connectivity index (χ0v) is 18.7. The summed E-state index contributed by atoms with van der Waals surface area (Å²) in [5.74, 6) is 0.992. The molecule has 0 spiro atoms. The average Bonchev–Trinajstić information content (AvgIpc) is 3.23. The highest BCUT2D eigenvalue weighted by molar-refractivity contribution is 5.94. The van der Waals surface area contributed by atoms with Crippen molar-refractivity contribution in [3.05, 3.63) is 48.0 Å². The molecule has 0 aliphatic carbocycles. The van der Waals surface area contributed by atoms with Gasteiger partial charge < -0.3 is 10.2 Å². The molecule has 0 unspecified atom stereocenters. The van der Waals surface area contributed by atoms with E-state index in [0.29, 0.717) is 29.1 Å². The number of hydrogen-bond donors (Lipinski definition) is 2. The molecule has 0 radical (unpaired) electrons. The Balaban J connectivity index is 1.99. The van der Waals surface area contributed by atoms with Crippen LogP contribution in [0.3, 0.4) is 0 Å². The van der Waals surface area contributed by atoms with Crippen molar-refractivity contribution in [2.75, 3.05) is 30.9 Å². The number of benzene rings is 1. The van der Waals surface area contributed by atoms with Crippen molar-refractivity contribution in [3.63, 3.8) is 0 Å². The van der Waals surface area contributed by atoms with Crippen LogP contribution in [0.15, 0.2) is 36.9 Å². The normalized spacial score (nSPS) is 11.3. The Morgan fingerprint density at radius 3 is 2.65 bits per heavy atom. The van der Waals surface area contributed by atoms with Crippen LogP contribution in [0.25, 0.3) is 5.95 Å². The summed E-state index contributed by atoms with van der Waals surface area (Å²) in [6, 6.07) is 5.29. The largest absolute Gasteiger partial charge is 0.343 e. The van der Waals surface area contributed by atoms with Crippen molar-refractivity contribution < 1.29 is 9.63 Å². The van der Waals surface area contributed by atoms with Crippen LogP contribution in [0.5, 0.6) is 0 Å². The molecule has 10 nitrogen and oxygen atoms in total. The van der Waals surface area contributed by atoms with Gasteiger partial charge in [-0.15, -0.1) is 0 Å². The van der Waals surface area contributed by atoms with Gasteiger partial charge in [0.05, 0.1) is 7.11 Å². The van der Waals surface area contributed by atoms with Gasteiger partial charge in [0, 0.05) is 37.2 Å². The number of hydroxylamine groups is 1. The number of carbonyl (C=O) groups excluding carboxylic acids is 1. The van der Waals surface area contributed by atoms with Crippen molar-refractivity contribution in [2.24, 2.45) is 5.41 Å². The minimum atomic E-state index is -0.342. The smallest absolute Gasteiger partial charge is 0.274 e. The van der Waals surface area contributed by atoms with Gasteiger partial charge in [0.25, 0.3) is 5.91 Å². The molecule has 31 heavy (non-hydrogen) atoms. The first kappa shape index (κ1) is 22.2. The standard InChI is InChI=1S/C21H28N8O2/c1-14-7-8-15(17(30)27-31-6)11-16(14)23-18-24-19(28(5)12-21(2,3)4)26-20(25-18)29-10-9-22-13-29/h7-11,13H,12H2,1-6H3,(H,27,30)(H,23,24,25,26). The Hall–Kier alpha value is -3.53. The maximum atomic E-state index is 12.1. The number of amides is 1. The maximum absolute atomic E-state index is 12.1. The molecule has 0 fully saturated rings. The lowest BCUT2D eigenvalue weighted by molar-refractivity contribution is 0.0537. The van der Waals surface area contributed by atoms with Crippen molar-refractivity contribution in [3.8, 4) is 5.95 Å². The molecule has 3 rings (SSSR count). The number of rotatable bonds is 7. The first-order valence-electron chi connectivity index (χ1n) is 9.83. The van der Waals surface area contributed by atoms with Gasteiger partial charge in [-0.05, 0) is 30.0 Å². The Bertz CT molecular complexity index is 1040. The summed E-state index contributed by atoms with van der Waals surface area (Å²) in [6.07, 6.45) is 5.07. The van der Waals surface area contributed by atoms with Gasteiger partial charge in [-0.1, -0.05) is 26.8 Å². The van der Waals surface area contributed by atoms with Gasteiger partial charge in [-0.25, -0.2) is 10.5 Å². The molecule has 0 atom stereocenters. The minimum absolute atomic E-state index is 0.0593. The number of nitrogens with zero attached hydrogens (tertiary/aromatic N) is 6. The molecule has 0 aliphatic rings. The van der Waals surface area contributed by atoms with Crippen LogP contribution in [0.1, 0.15) is 36.7 Å². The van der Waals surface area contributed by atoms with E-state index in [4.69, 9.17) is 4.84 Å². The zero-order valence-electron chi connectivity index (χ0n) is 18.7. The van der Waals surface area contributed by atoms with Crippen LogP contribution in [0.4, 0.5) is 17.6 Å². The molecular formula is C21H28N8O2. The molecule has 2 N–H and O–H groups in total. The Morgan fingerprint density at radius 1 is 1.23 bits per heavy atom. The van der Waals surface area contributed by atoms with Gasteiger partial charge in [-0.3, -0.25) is 14.2 Å². The number of anilines is 3. The summed E-state index contributed by atoms with van der Waals surface area (Å²) in [7, 11) is 3.34. The topological polar surface area (TPSA) is 110 Å². The second-order valence-corrected chi connectivity index (χ2v) is 8.44. The maximum Gasteiger partial charge on any atom is 0.274 e. The van der Waals surface area contributed by atoms with Crippen LogP contribution in [-0.4, -0.2) is 51.1 Å². The Morgan fingerprint density at radius 2 is 2.00 bits per heavy atom. The zero-order chi connectivity index (χ0) is 22.6. The summed E-state index contributed by atoms with van der Waals surface area (Å²) in [5.41, 5.74) is 4.47. The minimum Gasteiger partial charge on any atom is -0.343 e. The van der Waals surface area contributed by atoms with E-state index in [9.17, 15) is 4.79 Å². The van der Waals surface area contributed by atoms with Crippen LogP contribution in [0.2, 0.25) is 0 Å². The molecule has 3 aromatic rings. The Kier molecular flexibility index (Phi) is 6.50. The van der Waals surface area contributed by atoms with Crippen molar-refractivity contribution >= 4 is 23.5 Å². The molecule has 0 aliphatic heterocycles. The first-order chi connectivity index (χ1) is 14.7. The second-order valence-electron chi connectivity index (χ2n) is 8.44. The number of aromatic nitrogens is 5. The van der Waals surface area contributed by atoms with Gasteiger partial charge in [0.1, 0.15) is 6.33 Å². The summed E-state index contributed by atoms with van der Waals surface area (Å²) in [5, 5.41) is 3.23. The lowest BCUT2D eigenvalue weighted by Crippen LogP contribution is -2.31. The van der Waals surface area contributed by atoms with Crippen LogP contribution in [0, 0.1) is 12.3 Å². The summed E-state index contributed by atoms with van der Waals surface area (Å²) in [4.78, 5) is 36.7. The van der Waals surface area contributed by atoms with E-state index in [0.717, 1.165) is 12.1 Å². The number of imidazole rings is 1. The molecule has 164 valence electrons. The van der Waals surface area contributed by atoms with Crippen molar-refractivity contribution in [1.82, 2.24) is 30.0 Å². The highest BCUT2D eigenvalue weighted by atomic mass is 16.6. The molecular weight excluding hydrogens is 396 g/mol. The molecule has 1 aromatic carbocycles. The molecule has 2 heterocycles. The number of hydrogen-bond acceptors (Lipinski definition) is 8. The van der Waals surface area contributed by atoms with Gasteiger partial charge in [0.2, 0.25) is 17.8 Å². The van der Waals surface area contributed by atoms with Gasteiger partial charge >= 0.3 is 0 Å². The molecule has 0 bridgehead atoms. The summed E-state index contributed by atoms with van der Waals surface area (Å²) in [6.45, 7) is 9.15. The third kappa shape index (κ3) is 5.76. The van der Waals surface area contributed by atoms with Crippen molar-refractivity contribution in [2.45, 2.75) is 27.7 Å². The Labute approximate surface area is 181 Å². The summed E-state index contributed by atoms with van der Waals surface area (Å²) >= 11 is 0. The third-order valence-electron chi connectivity index (χ3n) is 4.34. The van der Waals surface area contributed by atoms with E-state index in [-0.39, 0.29) is 11.3 Å². The predicted molar refractivity (Wildman–Crippen MR) is 119 cm³/mol. The van der Waals surface area contributed by atoms with E-state index >= 15 is 0 Å². The number of carbonyl (C=O) groups is 1. The van der Waals surface area contributed by atoms with E-state index in [1.54, 1.807) is 35.4 Å². The highest BCUT2D eigenvalue weighted by Crippen LogP contribution is 2.23. The molecule has 1 amide bonds. The third-order valence-corrected chi connectivity index (χ3v) is 4.34. The van der Waals surface area contributed by atoms with E-state index in [1.807, 2.05) is 24.9 Å². The first-order valence-corrected chi connectivity index (χ1v) is 9.83. The fourth-order valence-electron chi connectivity index (χ4n) is 3.03. The lowest BCUT2D eigenvalue weighted by Gasteiger charge is -2.27. The van der Waals surface area contributed by atoms with Crippen LogP contribution >= 0.6 is 0 Å². The van der Waals surface area contributed by atoms with Crippen LogP contribution in [-0.2, 0) is 4.84 Å². The highest BCUT2D eigenvalue weighted by Gasteiger charge is 2.18. The van der Waals surface area contributed by atoms with E-state index < -0.39 is 0 Å². The SMILES string of the molecule is CONC(=O)c1ccc(C)c(Nc2nc(N(C)CC(C)(C)C)nc(-n3ccnc3)n2)c1. The fourth-order valence-corrected chi connectivity index (χ4v) is 3.03. The van der Waals surface area contributed by atoms with E-state index in [1.165, 1.54) is 7.11 Å². The molecule has 2 aromatic heterocycles. The van der Waals surface area contributed by atoms with E-state index in [2.05, 4.69) is 51.5 Å². The average molecular weight is 425 g/mol. The fraction of sp³-hybridized carbons (Fsp3) is 0.381. The lowest BCUT2D eigenvalue weighted by atomic mass is 9.96. The molecule has 0 saturated carbocycles. The van der Waals surface area contributed by atoms with Crippen LogP contribution < -0.4 is 15.7 Å². The van der Waals surface area contributed by atoms with Gasteiger partial charge in [0.15, 0.2) is 0 Å². The summed E-state index contributed by atoms with van der Waals surface area (Å²) < 4.78 is 1.72. The second kappa shape index (κ2) is 9.09. The molecule has 10 heteroatoms. The number of nitrogens with one attached hydrogen (secondary N) is 2. The number of aryl methyl sites for hydroxylation is 1. The van der Waals surface area contributed by atoms with Gasteiger partial charge in [-0.2, -0.15) is 15.0 Å². The quantitative estimate of drug-likeness (QED) is 0.557. The predicted octanol–water partition coefficient (Wildman–Crippen LogP) is 2.88.